The summed E-state index contributed by atoms with van der Waals surface area (Å²) < 4.78 is 32.0. The van der Waals surface area contributed by atoms with Gasteiger partial charge in [-0.25, -0.2) is 17.9 Å². The lowest BCUT2D eigenvalue weighted by Gasteiger charge is -2.23. The molecular formula is C14H22N2O4S. The molecule has 0 amide bonds. The molecule has 0 aliphatic heterocycles. The molecule has 0 aromatic heterocycles. The molecule has 0 fully saturated rings. The lowest BCUT2D eigenvalue weighted by Crippen LogP contribution is -2.34. The Bertz CT molecular complexity index is 624. The van der Waals surface area contributed by atoms with E-state index in [9.17, 15) is 13.2 Å². The second-order valence-corrected chi connectivity index (χ2v) is 7.32. The Kier molecular flexibility index (Phi) is 5.36. The molecular weight excluding hydrogens is 292 g/mol. The van der Waals surface area contributed by atoms with Gasteiger partial charge in [-0.05, 0) is 30.0 Å². The van der Waals surface area contributed by atoms with Gasteiger partial charge in [-0.3, -0.25) is 0 Å². The summed E-state index contributed by atoms with van der Waals surface area (Å²) >= 11 is 0. The van der Waals surface area contributed by atoms with Gasteiger partial charge in [0.15, 0.2) is 0 Å². The quantitative estimate of drug-likeness (QED) is 0.616. The van der Waals surface area contributed by atoms with Gasteiger partial charge in [0.05, 0.1) is 17.6 Å². The highest BCUT2D eigenvalue weighted by Gasteiger charge is 2.25. The summed E-state index contributed by atoms with van der Waals surface area (Å²) in [7, 11) is -2.65. The van der Waals surface area contributed by atoms with E-state index in [1.807, 2.05) is 20.8 Å². The zero-order valence-electron chi connectivity index (χ0n) is 12.8. The van der Waals surface area contributed by atoms with Crippen molar-refractivity contribution in [3.8, 4) is 0 Å². The number of carbonyl (C=O) groups is 1. The second-order valence-electron chi connectivity index (χ2n) is 5.59. The first kappa shape index (κ1) is 17.5. The van der Waals surface area contributed by atoms with Crippen molar-refractivity contribution in [1.82, 2.24) is 4.72 Å². The third-order valence-electron chi connectivity index (χ3n) is 3.40. The first-order valence-corrected chi connectivity index (χ1v) is 8.09. The van der Waals surface area contributed by atoms with Crippen LogP contribution in [-0.4, -0.2) is 28.0 Å². The van der Waals surface area contributed by atoms with E-state index in [1.165, 1.54) is 25.3 Å². The van der Waals surface area contributed by atoms with E-state index in [-0.39, 0.29) is 28.1 Å². The second kappa shape index (κ2) is 6.44. The third-order valence-corrected chi connectivity index (χ3v) is 4.84. The van der Waals surface area contributed by atoms with E-state index in [0.29, 0.717) is 0 Å². The molecule has 0 saturated carbocycles. The average molecular weight is 314 g/mol. The van der Waals surface area contributed by atoms with Crippen LogP contribution in [0.4, 0.5) is 5.69 Å². The van der Waals surface area contributed by atoms with Gasteiger partial charge < -0.3 is 10.5 Å². The largest absolute Gasteiger partial charge is 0.465 e. The standard InChI is InChI=1S/C14H22N2O4S/c1-5-14(2,3)9-16-21(18,19)12-8-10(15)6-7-11(12)13(17)20-4/h6-8,16H,5,9,15H2,1-4H3. The fourth-order valence-electron chi connectivity index (χ4n) is 1.53. The normalized spacial score (nSPS) is 12.2. The van der Waals surface area contributed by atoms with Crippen LogP contribution in [0.2, 0.25) is 0 Å². The van der Waals surface area contributed by atoms with Crippen molar-refractivity contribution in [2.24, 2.45) is 5.41 Å². The zero-order valence-corrected chi connectivity index (χ0v) is 13.6. The highest BCUT2D eigenvalue weighted by atomic mass is 32.2. The Hall–Kier alpha value is -1.60. The van der Waals surface area contributed by atoms with Crippen LogP contribution in [0, 0.1) is 5.41 Å². The number of hydrogen-bond donors (Lipinski definition) is 2. The number of nitrogens with two attached hydrogens (primary N) is 1. The number of methoxy groups -OCH3 is 1. The molecule has 0 saturated heterocycles. The summed E-state index contributed by atoms with van der Waals surface area (Å²) in [5, 5.41) is 0. The number of nitrogens with one attached hydrogen (secondary N) is 1. The highest BCUT2D eigenvalue weighted by Crippen LogP contribution is 2.22. The predicted octanol–water partition coefficient (Wildman–Crippen LogP) is 1.77. The SMILES string of the molecule is CCC(C)(C)CNS(=O)(=O)c1cc(N)ccc1C(=O)OC. The summed E-state index contributed by atoms with van der Waals surface area (Å²) in [6, 6.07) is 4.06. The fourth-order valence-corrected chi connectivity index (χ4v) is 3.00. The third kappa shape index (κ3) is 4.44. The van der Waals surface area contributed by atoms with E-state index < -0.39 is 16.0 Å². The van der Waals surface area contributed by atoms with Crippen LogP contribution in [0.5, 0.6) is 0 Å². The van der Waals surface area contributed by atoms with Gasteiger partial charge in [0.2, 0.25) is 10.0 Å². The first-order chi connectivity index (χ1) is 9.63. The molecule has 1 aromatic rings. The van der Waals surface area contributed by atoms with Gasteiger partial charge in [0.25, 0.3) is 0 Å². The minimum absolute atomic E-state index is 0.0338. The number of anilines is 1. The Balaban J connectivity index is 3.19. The molecule has 0 spiro atoms. The summed E-state index contributed by atoms with van der Waals surface area (Å²) in [5.41, 5.74) is 5.68. The van der Waals surface area contributed by atoms with E-state index in [4.69, 9.17) is 5.73 Å². The van der Waals surface area contributed by atoms with Gasteiger partial charge in [-0.1, -0.05) is 20.8 Å². The predicted molar refractivity (Wildman–Crippen MR) is 81.5 cm³/mol. The molecule has 0 aliphatic rings. The lowest BCUT2D eigenvalue weighted by atomic mass is 9.91. The van der Waals surface area contributed by atoms with Crippen LogP contribution >= 0.6 is 0 Å². The molecule has 1 aromatic carbocycles. The smallest absolute Gasteiger partial charge is 0.339 e. The van der Waals surface area contributed by atoms with E-state index in [2.05, 4.69) is 9.46 Å². The zero-order chi connectivity index (χ0) is 16.3. The van der Waals surface area contributed by atoms with Crippen LogP contribution < -0.4 is 10.5 Å². The topological polar surface area (TPSA) is 98.5 Å². The Morgan fingerprint density at radius 1 is 1.38 bits per heavy atom. The Labute approximate surface area is 125 Å². The van der Waals surface area contributed by atoms with Crippen LogP contribution in [0.25, 0.3) is 0 Å². The molecule has 6 nitrogen and oxygen atoms in total. The summed E-state index contributed by atoms with van der Waals surface area (Å²) in [6.45, 7) is 6.15. The number of sulfonamides is 1. The number of carbonyl (C=O) groups excluding carboxylic acids is 1. The van der Waals surface area contributed by atoms with Crippen molar-refractivity contribution in [3.63, 3.8) is 0 Å². The maximum absolute atomic E-state index is 12.4. The Morgan fingerprint density at radius 2 is 2.00 bits per heavy atom. The molecule has 118 valence electrons. The number of nitrogen functional groups attached to an aromatic ring is 1. The monoisotopic (exact) mass is 314 g/mol. The minimum atomic E-state index is -3.84. The molecule has 21 heavy (non-hydrogen) atoms. The summed E-state index contributed by atoms with van der Waals surface area (Å²) in [4.78, 5) is 11.5. The summed E-state index contributed by atoms with van der Waals surface area (Å²) in [5.74, 6) is -0.717. The maximum Gasteiger partial charge on any atom is 0.339 e. The van der Waals surface area contributed by atoms with Gasteiger partial charge in [-0.15, -0.1) is 0 Å². The van der Waals surface area contributed by atoms with Crippen molar-refractivity contribution < 1.29 is 17.9 Å². The van der Waals surface area contributed by atoms with E-state index in [1.54, 1.807) is 0 Å². The molecule has 3 N–H and O–H groups in total. The van der Waals surface area contributed by atoms with Crippen LogP contribution in [0.15, 0.2) is 23.1 Å². The minimum Gasteiger partial charge on any atom is -0.465 e. The van der Waals surface area contributed by atoms with Gasteiger partial charge >= 0.3 is 5.97 Å². The number of hydrogen-bond acceptors (Lipinski definition) is 5. The Morgan fingerprint density at radius 3 is 2.52 bits per heavy atom. The van der Waals surface area contributed by atoms with Crippen LogP contribution in [0.1, 0.15) is 37.6 Å². The molecule has 0 radical (unpaired) electrons. The molecule has 0 heterocycles. The average Bonchev–Trinajstić information content (AvgIpc) is 2.44. The number of ether oxygens (including phenoxy) is 1. The number of rotatable bonds is 6. The summed E-state index contributed by atoms with van der Waals surface area (Å²) in [6.07, 6.45) is 0.816. The van der Waals surface area contributed by atoms with Crippen molar-refractivity contribution >= 4 is 21.7 Å². The van der Waals surface area contributed by atoms with Crippen molar-refractivity contribution in [2.75, 3.05) is 19.4 Å². The molecule has 0 unspecified atom stereocenters. The molecule has 7 heteroatoms. The first-order valence-electron chi connectivity index (χ1n) is 6.60. The van der Waals surface area contributed by atoms with Crippen molar-refractivity contribution in [2.45, 2.75) is 32.1 Å². The number of benzene rings is 1. The van der Waals surface area contributed by atoms with Crippen LogP contribution in [-0.2, 0) is 14.8 Å². The molecule has 0 bridgehead atoms. The van der Waals surface area contributed by atoms with Crippen LogP contribution in [0.3, 0.4) is 0 Å². The van der Waals surface area contributed by atoms with E-state index >= 15 is 0 Å². The van der Waals surface area contributed by atoms with Crippen molar-refractivity contribution in [3.05, 3.63) is 23.8 Å². The fraction of sp³-hybridized carbons (Fsp3) is 0.500. The van der Waals surface area contributed by atoms with Crippen molar-refractivity contribution in [1.29, 1.82) is 0 Å². The lowest BCUT2D eigenvalue weighted by molar-refractivity contribution is 0.0596. The van der Waals surface area contributed by atoms with Gasteiger partial charge in [0.1, 0.15) is 0 Å². The van der Waals surface area contributed by atoms with Gasteiger partial charge in [-0.2, -0.15) is 0 Å². The van der Waals surface area contributed by atoms with Gasteiger partial charge in [0, 0.05) is 12.2 Å². The number of esters is 1. The maximum atomic E-state index is 12.4. The highest BCUT2D eigenvalue weighted by molar-refractivity contribution is 7.89. The molecule has 0 atom stereocenters. The molecule has 1 rings (SSSR count). The van der Waals surface area contributed by atoms with E-state index in [0.717, 1.165) is 6.42 Å². The molecule has 0 aliphatic carbocycles.